The first-order valence-electron chi connectivity index (χ1n) is 7.11. The molecule has 1 N–H and O–H groups in total. The highest BCUT2D eigenvalue weighted by Crippen LogP contribution is 2.20. The number of rotatable bonds is 5. The molecule has 0 aliphatic carbocycles. The van der Waals surface area contributed by atoms with E-state index in [1.54, 1.807) is 11.3 Å². The molecule has 0 aromatic carbocycles. The Labute approximate surface area is 115 Å². The Bertz CT molecular complexity index is 364. The molecule has 0 spiro atoms. The highest BCUT2D eigenvalue weighted by atomic mass is 32.1. The Morgan fingerprint density at radius 2 is 2.33 bits per heavy atom. The summed E-state index contributed by atoms with van der Waals surface area (Å²) in [6, 6.07) is 1.35. The van der Waals surface area contributed by atoms with Crippen molar-refractivity contribution >= 4 is 11.3 Å². The predicted molar refractivity (Wildman–Crippen MR) is 78.0 cm³/mol. The molecule has 2 heterocycles. The maximum absolute atomic E-state index is 4.36. The molecule has 0 radical (unpaired) electrons. The van der Waals surface area contributed by atoms with E-state index < -0.39 is 0 Å². The summed E-state index contributed by atoms with van der Waals surface area (Å²) < 4.78 is 0. The second-order valence-corrected chi connectivity index (χ2v) is 6.19. The molecule has 1 fully saturated rings. The van der Waals surface area contributed by atoms with Crippen LogP contribution in [0.4, 0.5) is 0 Å². The minimum absolute atomic E-state index is 0.672. The molecular formula is C14H25N3S. The fourth-order valence-electron chi connectivity index (χ4n) is 2.73. The molecule has 3 nitrogen and oxygen atoms in total. The van der Waals surface area contributed by atoms with Gasteiger partial charge in [-0.05, 0) is 19.8 Å². The standard InChI is InChI=1S/C14H25N3S/c1-4-6-12-8-17(13(5-2)7-15-12)9-14-11(3)16-10-18-14/h10,12-13,15H,4-9H2,1-3H3. The topological polar surface area (TPSA) is 28.2 Å². The maximum atomic E-state index is 4.36. The molecule has 1 aliphatic rings. The Morgan fingerprint density at radius 3 is 2.94 bits per heavy atom. The fraction of sp³-hybridized carbons (Fsp3) is 0.786. The van der Waals surface area contributed by atoms with Crippen LogP contribution < -0.4 is 5.32 Å². The highest BCUT2D eigenvalue weighted by molar-refractivity contribution is 7.09. The first-order chi connectivity index (χ1) is 8.74. The van der Waals surface area contributed by atoms with Crippen molar-refractivity contribution in [3.63, 3.8) is 0 Å². The van der Waals surface area contributed by atoms with Crippen LogP contribution in [-0.2, 0) is 6.54 Å². The normalized spacial score (nSPS) is 25.5. The van der Waals surface area contributed by atoms with E-state index in [9.17, 15) is 0 Å². The van der Waals surface area contributed by atoms with Crippen LogP contribution in [0.15, 0.2) is 5.51 Å². The number of aryl methyl sites for hydroxylation is 1. The lowest BCUT2D eigenvalue weighted by Gasteiger charge is -2.40. The molecule has 4 heteroatoms. The van der Waals surface area contributed by atoms with Crippen molar-refractivity contribution in [1.82, 2.24) is 15.2 Å². The highest BCUT2D eigenvalue weighted by Gasteiger charge is 2.26. The molecule has 0 bridgehead atoms. The molecular weight excluding hydrogens is 242 g/mol. The quantitative estimate of drug-likeness (QED) is 0.889. The van der Waals surface area contributed by atoms with Gasteiger partial charge in [0.2, 0.25) is 0 Å². The SMILES string of the molecule is CCCC1CN(Cc2scnc2C)C(CC)CN1. The zero-order chi connectivity index (χ0) is 13.0. The predicted octanol–water partition coefficient (Wildman–Crippen LogP) is 2.80. The summed E-state index contributed by atoms with van der Waals surface area (Å²) in [7, 11) is 0. The number of nitrogens with one attached hydrogen (secondary N) is 1. The van der Waals surface area contributed by atoms with Crippen molar-refractivity contribution in [2.45, 2.75) is 58.7 Å². The van der Waals surface area contributed by atoms with E-state index in [2.05, 4.69) is 36.0 Å². The molecule has 0 saturated carbocycles. The molecule has 1 aromatic rings. The van der Waals surface area contributed by atoms with Gasteiger partial charge in [-0.25, -0.2) is 4.98 Å². The van der Waals surface area contributed by atoms with Crippen molar-refractivity contribution in [3.8, 4) is 0 Å². The summed E-state index contributed by atoms with van der Waals surface area (Å²) in [6.07, 6.45) is 3.78. The van der Waals surface area contributed by atoms with Crippen molar-refractivity contribution in [2.24, 2.45) is 0 Å². The summed E-state index contributed by atoms with van der Waals surface area (Å²) in [5, 5.41) is 3.69. The third kappa shape index (κ3) is 3.31. The van der Waals surface area contributed by atoms with Crippen LogP contribution in [0.25, 0.3) is 0 Å². The molecule has 1 aromatic heterocycles. The average molecular weight is 267 g/mol. The molecule has 2 rings (SSSR count). The van der Waals surface area contributed by atoms with Crippen LogP contribution in [-0.4, -0.2) is 35.1 Å². The Kier molecular flexibility index (Phi) is 5.15. The number of hydrogen-bond acceptors (Lipinski definition) is 4. The van der Waals surface area contributed by atoms with Crippen molar-refractivity contribution in [2.75, 3.05) is 13.1 Å². The molecule has 102 valence electrons. The van der Waals surface area contributed by atoms with Gasteiger partial charge in [-0.1, -0.05) is 20.3 Å². The van der Waals surface area contributed by atoms with Gasteiger partial charge in [0.15, 0.2) is 0 Å². The largest absolute Gasteiger partial charge is 0.311 e. The first kappa shape index (κ1) is 14.0. The fourth-order valence-corrected chi connectivity index (χ4v) is 3.53. The molecule has 18 heavy (non-hydrogen) atoms. The summed E-state index contributed by atoms with van der Waals surface area (Å²) in [6.45, 7) is 10.1. The van der Waals surface area contributed by atoms with Gasteiger partial charge < -0.3 is 5.32 Å². The van der Waals surface area contributed by atoms with Gasteiger partial charge in [0.05, 0.1) is 11.2 Å². The van der Waals surface area contributed by atoms with E-state index in [1.807, 2.05) is 5.51 Å². The third-order valence-corrected chi connectivity index (χ3v) is 4.83. The second-order valence-electron chi connectivity index (χ2n) is 5.25. The lowest BCUT2D eigenvalue weighted by atomic mass is 10.0. The van der Waals surface area contributed by atoms with E-state index in [1.165, 1.54) is 36.4 Å². The lowest BCUT2D eigenvalue weighted by molar-refractivity contribution is 0.116. The minimum Gasteiger partial charge on any atom is -0.311 e. The number of thiazole rings is 1. The number of aromatic nitrogens is 1. The Morgan fingerprint density at radius 1 is 1.50 bits per heavy atom. The third-order valence-electron chi connectivity index (χ3n) is 3.91. The molecule has 0 amide bonds. The van der Waals surface area contributed by atoms with Crippen LogP contribution in [0.2, 0.25) is 0 Å². The summed E-state index contributed by atoms with van der Waals surface area (Å²) in [5.41, 5.74) is 3.18. The van der Waals surface area contributed by atoms with Gasteiger partial charge in [0.1, 0.15) is 0 Å². The first-order valence-corrected chi connectivity index (χ1v) is 7.98. The van der Waals surface area contributed by atoms with E-state index in [0.29, 0.717) is 12.1 Å². The van der Waals surface area contributed by atoms with Crippen LogP contribution in [0.3, 0.4) is 0 Å². The number of piperazine rings is 1. The molecule has 1 saturated heterocycles. The van der Waals surface area contributed by atoms with Gasteiger partial charge in [-0.2, -0.15) is 0 Å². The van der Waals surface area contributed by atoms with Gasteiger partial charge in [-0.3, -0.25) is 4.90 Å². The van der Waals surface area contributed by atoms with E-state index in [0.717, 1.165) is 13.1 Å². The van der Waals surface area contributed by atoms with E-state index in [4.69, 9.17) is 0 Å². The van der Waals surface area contributed by atoms with Gasteiger partial charge >= 0.3 is 0 Å². The van der Waals surface area contributed by atoms with Crippen LogP contribution >= 0.6 is 11.3 Å². The zero-order valence-corrected chi connectivity index (χ0v) is 12.6. The Balaban J connectivity index is 2.00. The minimum atomic E-state index is 0.672. The number of nitrogens with zero attached hydrogens (tertiary/aromatic N) is 2. The molecule has 2 unspecified atom stereocenters. The lowest BCUT2D eigenvalue weighted by Crippen LogP contribution is -2.55. The number of hydrogen-bond donors (Lipinski definition) is 1. The molecule has 1 aliphatic heterocycles. The van der Waals surface area contributed by atoms with Crippen LogP contribution in [0.5, 0.6) is 0 Å². The van der Waals surface area contributed by atoms with Crippen molar-refractivity contribution in [1.29, 1.82) is 0 Å². The van der Waals surface area contributed by atoms with Gasteiger partial charge in [0, 0.05) is 36.6 Å². The van der Waals surface area contributed by atoms with Crippen LogP contribution in [0.1, 0.15) is 43.7 Å². The summed E-state index contributed by atoms with van der Waals surface area (Å²) >= 11 is 1.80. The van der Waals surface area contributed by atoms with E-state index >= 15 is 0 Å². The van der Waals surface area contributed by atoms with E-state index in [-0.39, 0.29) is 0 Å². The van der Waals surface area contributed by atoms with Gasteiger partial charge in [0.25, 0.3) is 0 Å². The Hall–Kier alpha value is -0.450. The molecule has 2 atom stereocenters. The zero-order valence-electron chi connectivity index (χ0n) is 11.8. The van der Waals surface area contributed by atoms with Crippen molar-refractivity contribution < 1.29 is 0 Å². The summed E-state index contributed by atoms with van der Waals surface area (Å²) in [4.78, 5) is 8.45. The smallest absolute Gasteiger partial charge is 0.0798 e. The summed E-state index contributed by atoms with van der Waals surface area (Å²) in [5.74, 6) is 0. The second kappa shape index (κ2) is 6.64. The average Bonchev–Trinajstić information content (AvgIpc) is 2.76. The van der Waals surface area contributed by atoms with Crippen molar-refractivity contribution in [3.05, 3.63) is 16.1 Å². The van der Waals surface area contributed by atoms with Crippen LogP contribution in [0, 0.1) is 6.92 Å². The monoisotopic (exact) mass is 267 g/mol. The maximum Gasteiger partial charge on any atom is 0.0798 e. The van der Waals surface area contributed by atoms with Gasteiger partial charge in [-0.15, -0.1) is 11.3 Å².